The smallest absolute Gasteiger partial charge is 0.417 e. The van der Waals surface area contributed by atoms with Crippen LogP contribution < -0.4 is 10.3 Å². The molecule has 8 rings (SSSR count). The fourth-order valence-corrected chi connectivity index (χ4v) is 9.17. The molecule has 12 nitrogen and oxygen atoms in total. The highest BCUT2D eigenvalue weighted by molar-refractivity contribution is 6.33. The Kier molecular flexibility index (Phi) is 8.50. The Morgan fingerprint density at radius 3 is 2.27 bits per heavy atom. The van der Waals surface area contributed by atoms with Crippen LogP contribution in [0.25, 0.3) is 0 Å². The number of nitro benzene ring substituents is 1. The summed E-state index contributed by atoms with van der Waals surface area (Å²) in [6.07, 6.45) is -2.51. The number of aromatic hydroxyl groups is 1. The number of amides is 4. The number of alkyl halides is 3. The molecule has 1 saturated carbocycles. The van der Waals surface area contributed by atoms with Crippen LogP contribution in [0, 0.1) is 33.8 Å². The van der Waals surface area contributed by atoms with Crippen LogP contribution in [0.4, 0.5) is 30.4 Å². The van der Waals surface area contributed by atoms with E-state index in [1.807, 2.05) is 0 Å². The van der Waals surface area contributed by atoms with Crippen molar-refractivity contribution >= 4 is 64.0 Å². The summed E-state index contributed by atoms with van der Waals surface area (Å²) in [6.45, 7) is 0. The highest BCUT2D eigenvalue weighted by Gasteiger charge is 2.70. The molecule has 0 radical (unpaired) electrons. The zero-order valence-corrected chi connectivity index (χ0v) is 29.5. The van der Waals surface area contributed by atoms with Gasteiger partial charge in [0.1, 0.15) is 5.75 Å². The number of hydrazine groups is 1. The number of nitro groups is 1. The number of allylic oxidation sites excluding steroid dienone is 2. The molecule has 0 spiro atoms. The number of phenols is 1. The normalized spacial score (nSPS) is 26.1. The van der Waals surface area contributed by atoms with E-state index in [9.17, 15) is 42.8 Å². The van der Waals surface area contributed by atoms with E-state index >= 15 is 4.79 Å². The first-order valence-corrected chi connectivity index (χ1v) is 17.6. The Bertz CT molecular complexity index is 2360. The van der Waals surface area contributed by atoms with E-state index < -0.39 is 86.1 Å². The second kappa shape index (κ2) is 12.9. The number of nitrogens with zero attached hydrogens (tertiary/aromatic N) is 4. The van der Waals surface area contributed by atoms with Gasteiger partial charge in [-0.05, 0) is 72.4 Å². The largest absolute Gasteiger partial charge is 0.508 e. The summed E-state index contributed by atoms with van der Waals surface area (Å²) in [5, 5.41) is 22.5. The number of aromatic nitrogens is 1. The molecule has 6 unspecified atom stereocenters. The minimum Gasteiger partial charge on any atom is -0.508 e. The molecule has 4 amide bonds. The number of fused-ring (bicyclic) bond motifs is 4. The van der Waals surface area contributed by atoms with Crippen molar-refractivity contribution in [2.75, 3.05) is 10.3 Å². The van der Waals surface area contributed by atoms with Crippen LogP contribution in [0.1, 0.15) is 35.4 Å². The molecular formula is C38H26Cl2F3N5O7. The Hall–Kier alpha value is -5.80. The molecule has 55 heavy (non-hydrogen) atoms. The van der Waals surface area contributed by atoms with Crippen LogP contribution in [-0.2, 0) is 30.8 Å². The maximum Gasteiger partial charge on any atom is 0.417 e. The number of non-ortho nitro benzene ring substituents is 1. The van der Waals surface area contributed by atoms with Crippen LogP contribution in [0.15, 0.2) is 96.7 Å². The molecule has 3 fully saturated rings. The number of anilines is 2. The fourth-order valence-electron chi connectivity index (χ4n) is 8.84. The van der Waals surface area contributed by atoms with Gasteiger partial charge in [0, 0.05) is 29.3 Å². The fraction of sp³-hybridized carbons (Fsp3) is 0.237. The molecule has 17 heteroatoms. The summed E-state index contributed by atoms with van der Waals surface area (Å²) in [4.78, 5) is 73.7. The van der Waals surface area contributed by atoms with Crippen molar-refractivity contribution in [1.82, 2.24) is 9.99 Å². The number of halogens is 5. The lowest BCUT2D eigenvalue weighted by atomic mass is 9.49. The average Bonchev–Trinajstić information content (AvgIpc) is 3.52. The molecule has 280 valence electrons. The minimum absolute atomic E-state index is 0.0798. The van der Waals surface area contributed by atoms with E-state index in [0.29, 0.717) is 39.0 Å². The van der Waals surface area contributed by atoms with Crippen LogP contribution in [-0.4, -0.2) is 43.7 Å². The average molecular weight is 793 g/mol. The summed E-state index contributed by atoms with van der Waals surface area (Å²) in [6, 6.07) is 18.0. The second-order valence-corrected chi connectivity index (χ2v) is 14.6. The molecule has 3 aromatic carbocycles. The number of carbonyl (C=O) groups excluding carboxylic acids is 4. The number of carbonyl (C=O) groups is 4. The van der Waals surface area contributed by atoms with Gasteiger partial charge < -0.3 is 5.11 Å². The predicted octanol–water partition coefficient (Wildman–Crippen LogP) is 7.21. The van der Waals surface area contributed by atoms with Crippen molar-refractivity contribution in [3.63, 3.8) is 0 Å². The number of benzene rings is 3. The first-order chi connectivity index (χ1) is 26.1. The van der Waals surface area contributed by atoms with Gasteiger partial charge in [-0.1, -0.05) is 59.1 Å². The van der Waals surface area contributed by atoms with E-state index in [0.717, 1.165) is 4.90 Å². The molecule has 3 heterocycles. The first-order valence-electron chi connectivity index (χ1n) is 16.9. The lowest BCUT2D eigenvalue weighted by Gasteiger charge is -2.50. The van der Waals surface area contributed by atoms with Crippen molar-refractivity contribution in [2.24, 2.45) is 23.7 Å². The van der Waals surface area contributed by atoms with Crippen LogP contribution in [0.3, 0.4) is 0 Å². The summed E-state index contributed by atoms with van der Waals surface area (Å²) in [5.74, 6) is -8.19. The van der Waals surface area contributed by atoms with E-state index in [1.54, 1.807) is 42.5 Å². The third-order valence-corrected chi connectivity index (χ3v) is 11.6. The highest BCUT2D eigenvalue weighted by Crippen LogP contribution is 2.64. The molecular weight excluding hydrogens is 766 g/mol. The summed E-state index contributed by atoms with van der Waals surface area (Å²) >= 11 is 12.5. The molecule has 0 bridgehead atoms. The molecule has 2 aliphatic carbocycles. The van der Waals surface area contributed by atoms with Crippen LogP contribution >= 0.6 is 23.2 Å². The second-order valence-electron chi connectivity index (χ2n) is 13.8. The Morgan fingerprint density at radius 2 is 1.64 bits per heavy atom. The van der Waals surface area contributed by atoms with Gasteiger partial charge in [-0.3, -0.25) is 39.6 Å². The number of phenolic OH excluding ortho intramolecular Hbond substituents is 1. The molecule has 4 aliphatic rings. The molecule has 1 aromatic heterocycles. The van der Waals surface area contributed by atoms with Gasteiger partial charge >= 0.3 is 6.18 Å². The monoisotopic (exact) mass is 791 g/mol. The van der Waals surface area contributed by atoms with Gasteiger partial charge in [0.25, 0.3) is 17.5 Å². The quantitative estimate of drug-likeness (QED) is 0.0889. The number of hydrogen-bond donors (Lipinski definition) is 2. The maximum atomic E-state index is 15.2. The van der Waals surface area contributed by atoms with E-state index in [1.165, 1.54) is 36.4 Å². The SMILES string of the molecule is O=C1C2CC3C(=CCC4C(=O)N(c5ccc([N+](=O)[O-])cc5)C(=O)C43)C(c3cccc(O)c3)C2(c2ccc(Cl)cc2)C(=O)N1Nc1ncc(C(F)(F)F)cc1Cl. The first kappa shape index (κ1) is 36.2. The summed E-state index contributed by atoms with van der Waals surface area (Å²) in [7, 11) is 0. The van der Waals surface area contributed by atoms with Gasteiger partial charge in [0.05, 0.1) is 44.4 Å². The molecule has 6 atom stereocenters. The van der Waals surface area contributed by atoms with Crippen molar-refractivity contribution in [3.8, 4) is 5.75 Å². The minimum atomic E-state index is -4.77. The number of rotatable bonds is 6. The number of hydrogen-bond acceptors (Lipinski definition) is 9. The summed E-state index contributed by atoms with van der Waals surface area (Å²) in [5.41, 5.74) is 0.869. The molecule has 2 aliphatic heterocycles. The van der Waals surface area contributed by atoms with Crippen LogP contribution in [0.5, 0.6) is 5.75 Å². The van der Waals surface area contributed by atoms with Crippen molar-refractivity contribution in [3.05, 3.63) is 134 Å². The zero-order valence-electron chi connectivity index (χ0n) is 28.0. The lowest BCUT2D eigenvalue weighted by molar-refractivity contribution is -0.384. The number of pyridine rings is 1. The lowest BCUT2D eigenvalue weighted by Crippen LogP contribution is -2.53. The van der Waals surface area contributed by atoms with E-state index in [-0.39, 0.29) is 30.0 Å². The van der Waals surface area contributed by atoms with Crippen LogP contribution in [0.2, 0.25) is 10.0 Å². The van der Waals surface area contributed by atoms with Gasteiger partial charge in [-0.15, -0.1) is 0 Å². The third kappa shape index (κ3) is 5.55. The van der Waals surface area contributed by atoms with Crippen molar-refractivity contribution < 1.29 is 42.4 Å². The molecule has 4 aromatic rings. The number of nitrogens with one attached hydrogen (secondary N) is 1. The van der Waals surface area contributed by atoms with Gasteiger partial charge in [0.2, 0.25) is 11.8 Å². The Labute approximate surface area is 319 Å². The molecule has 2 N–H and O–H groups in total. The zero-order chi connectivity index (χ0) is 39.1. The van der Waals surface area contributed by atoms with E-state index in [2.05, 4.69) is 10.4 Å². The number of imide groups is 2. The van der Waals surface area contributed by atoms with Crippen molar-refractivity contribution in [1.29, 1.82) is 0 Å². The van der Waals surface area contributed by atoms with Crippen molar-refractivity contribution in [2.45, 2.75) is 30.4 Å². The molecule has 2 saturated heterocycles. The maximum absolute atomic E-state index is 15.2. The topological polar surface area (TPSA) is 163 Å². The van der Waals surface area contributed by atoms with Gasteiger partial charge in [-0.25, -0.2) is 4.98 Å². The highest BCUT2D eigenvalue weighted by atomic mass is 35.5. The summed E-state index contributed by atoms with van der Waals surface area (Å²) < 4.78 is 40.3. The van der Waals surface area contributed by atoms with E-state index in [4.69, 9.17) is 23.2 Å². The Balaban J connectivity index is 1.28. The predicted molar refractivity (Wildman–Crippen MR) is 191 cm³/mol. The Morgan fingerprint density at radius 1 is 0.927 bits per heavy atom. The van der Waals surface area contributed by atoms with Gasteiger partial charge in [0.15, 0.2) is 5.82 Å². The standard InChI is InChI=1S/C38H26Cl2F3N5O7/c39-21-6-4-19(5-7-21)37-28(34(51)47(36(37)53)45-32-29(40)15-20(17-44-32)38(41,42)43)16-27-25(31(37)18-2-1-3-24(49)14-18)12-13-26-30(27)35(52)46(33(26)50)22-8-10-23(11-9-22)48(54)55/h1-12,14-15,17,26-28,30-31,49H,13,16H2,(H,44,45). The third-order valence-electron chi connectivity index (χ3n) is 11.1. The van der Waals surface area contributed by atoms with Gasteiger partial charge in [-0.2, -0.15) is 18.2 Å².